The third-order valence-electron chi connectivity index (χ3n) is 2.32. The minimum atomic E-state index is -1.03. The van der Waals surface area contributed by atoms with Crippen LogP contribution in [0.5, 0.6) is 0 Å². The molecule has 6 heteroatoms. The molecule has 0 saturated carbocycles. The Balaban J connectivity index is 4.46. The van der Waals surface area contributed by atoms with E-state index in [0.717, 1.165) is 0 Å². The monoisotopic (exact) mass is 276 g/mol. The molecule has 4 N–H and O–H groups in total. The largest absolute Gasteiger partial charge is 0.480 e. The van der Waals surface area contributed by atoms with Crippen LogP contribution in [0.25, 0.3) is 0 Å². The van der Waals surface area contributed by atoms with Crippen LogP contribution in [0.3, 0.4) is 0 Å². The second kappa shape index (κ2) is 6.99. The highest BCUT2D eigenvalue weighted by molar-refractivity contribution is 8.00. The fourth-order valence-corrected chi connectivity index (χ4v) is 1.97. The molecule has 5 nitrogen and oxygen atoms in total. The second-order valence-electron chi connectivity index (χ2n) is 5.59. The lowest BCUT2D eigenvalue weighted by molar-refractivity contribution is -0.141. The number of carboxylic acid groups (broad SMARTS) is 1. The number of carbonyl (C=O) groups excluding carboxylic acids is 1. The van der Waals surface area contributed by atoms with Gasteiger partial charge in [-0.3, -0.25) is 4.79 Å². The summed E-state index contributed by atoms with van der Waals surface area (Å²) in [7, 11) is 0. The molecule has 0 aliphatic rings. The van der Waals surface area contributed by atoms with E-state index in [0.29, 0.717) is 5.75 Å². The van der Waals surface area contributed by atoms with Crippen molar-refractivity contribution in [1.82, 2.24) is 5.32 Å². The lowest BCUT2D eigenvalue weighted by Crippen LogP contribution is -2.51. The quantitative estimate of drug-likeness (QED) is 0.675. The van der Waals surface area contributed by atoms with E-state index in [-0.39, 0.29) is 10.7 Å². The molecule has 0 heterocycles. The topological polar surface area (TPSA) is 92.4 Å². The van der Waals surface area contributed by atoms with Crippen molar-refractivity contribution in [3.63, 3.8) is 0 Å². The number of hydrogen-bond donors (Lipinski definition) is 3. The van der Waals surface area contributed by atoms with Crippen LogP contribution in [0.4, 0.5) is 0 Å². The number of aliphatic carboxylic acids is 1. The summed E-state index contributed by atoms with van der Waals surface area (Å²) in [5.41, 5.74) is 5.68. The summed E-state index contributed by atoms with van der Waals surface area (Å²) in [6.07, 6.45) is 0. The zero-order chi connectivity index (χ0) is 14.5. The number of nitrogens with two attached hydrogens (primary N) is 1. The van der Waals surface area contributed by atoms with E-state index in [1.807, 2.05) is 34.6 Å². The van der Waals surface area contributed by atoms with E-state index in [4.69, 9.17) is 10.8 Å². The lowest BCUT2D eigenvalue weighted by atomic mass is 10.0. The molecule has 2 unspecified atom stereocenters. The summed E-state index contributed by atoms with van der Waals surface area (Å²) in [5.74, 6) is -1.13. The van der Waals surface area contributed by atoms with Gasteiger partial charge in [0.2, 0.25) is 5.91 Å². The minimum absolute atomic E-state index is 0.0188. The Hall–Kier alpha value is -0.750. The van der Waals surface area contributed by atoms with Crippen molar-refractivity contribution in [3.05, 3.63) is 0 Å². The molecule has 0 fully saturated rings. The third kappa shape index (κ3) is 6.86. The van der Waals surface area contributed by atoms with Crippen molar-refractivity contribution >= 4 is 23.6 Å². The number of carbonyl (C=O) groups is 2. The molecule has 0 aliphatic heterocycles. The van der Waals surface area contributed by atoms with E-state index in [1.54, 1.807) is 0 Å². The highest BCUT2D eigenvalue weighted by atomic mass is 32.2. The van der Waals surface area contributed by atoms with Gasteiger partial charge in [0.15, 0.2) is 0 Å². The molecular weight excluding hydrogens is 252 g/mol. The van der Waals surface area contributed by atoms with Gasteiger partial charge in [0.05, 0.1) is 6.04 Å². The van der Waals surface area contributed by atoms with E-state index >= 15 is 0 Å². The van der Waals surface area contributed by atoms with Crippen molar-refractivity contribution < 1.29 is 14.7 Å². The lowest BCUT2D eigenvalue weighted by Gasteiger charge is -2.23. The van der Waals surface area contributed by atoms with Crippen LogP contribution in [0, 0.1) is 5.92 Å². The number of amides is 1. The summed E-state index contributed by atoms with van der Waals surface area (Å²) < 4.78 is -0.0431. The fraction of sp³-hybridized carbons (Fsp3) is 0.833. The van der Waals surface area contributed by atoms with Gasteiger partial charge in [-0.25, -0.2) is 4.79 Å². The number of nitrogens with one attached hydrogen (secondary N) is 1. The SMILES string of the molecule is CC(C)C(N)C(=O)NC(CSC(C)(C)C)C(=O)O. The number of rotatable bonds is 6. The zero-order valence-electron chi connectivity index (χ0n) is 11.7. The average Bonchev–Trinajstić information content (AvgIpc) is 2.20. The minimum Gasteiger partial charge on any atom is -0.480 e. The number of thioether (sulfide) groups is 1. The molecule has 0 bridgehead atoms. The maximum atomic E-state index is 11.7. The Labute approximate surface area is 113 Å². The first-order valence-electron chi connectivity index (χ1n) is 5.97. The van der Waals surface area contributed by atoms with Crippen molar-refractivity contribution in [2.24, 2.45) is 11.7 Å². The van der Waals surface area contributed by atoms with Crippen LogP contribution in [0.1, 0.15) is 34.6 Å². The first-order chi connectivity index (χ1) is 8.04. The zero-order valence-corrected chi connectivity index (χ0v) is 12.5. The average molecular weight is 276 g/mol. The van der Waals surface area contributed by atoms with Crippen LogP contribution in [0.15, 0.2) is 0 Å². The van der Waals surface area contributed by atoms with Gasteiger partial charge in [-0.1, -0.05) is 34.6 Å². The number of carboxylic acids is 1. The van der Waals surface area contributed by atoms with Crippen molar-refractivity contribution in [2.75, 3.05) is 5.75 Å². The van der Waals surface area contributed by atoms with Crippen LogP contribution in [-0.4, -0.2) is 39.6 Å². The van der Waals surface area contributed by atoms with Crippen LogP contribution in [-0.2, 0) is 9.59 Å². The summed E-state index contributed by atoms with van der Waals surface area (Å²) in [6, 6.07) is -1.57. The summed E-state index contributed by atoms with van der Waals surface area (Å²) >= 11 is 1.50. The molecule has 0 aromatic carbocycles. The van der Waals surface area contributed by atoms with Crippen molar-refractivity contribution in [2.45, 2.75) is 51.4 Å². The highest BCUT2D eigenvalue weighted by Gasteiger charge is 2.26. The molecule has 106 valence electrons. The van der Waals surface area contributed by atoms with Crippen molar-refractivity contribution in [1.29, 1.82) is 0 Å². The Kier molecular flexibility index (Phi) is 6.70. The van der Waals surface area contributed by atoms with E-state index in [9.17, 15) is 9.59 Å². The van der Waals surface area contributed by atoms with Crippen LogP contribution < -0.4 is 11.1 Å². The first-order valence-corrected chi connectivity index (χ1v) is 6.96. The molecule has 0 rings (SSSR count). The summed E-state index contributed by atoms with van der Waals surface area (Å²) in [6.45, 7) is 9.64. The Morgan fingerprint density at radius 2 is 1.83 bits per heavy atom. The Morgan fingerprint density at radius 3 is 2.17 bits per heavy atom. The van der Waals surface area contributed by atoms with E-state index in [2.05, 4.69) is 5.32 Å². The maximum Gasteiger partial charge on any atom is 0.327 e. The highest BCUT2D eigenvalue weighted by Crippen LogP contribution is 2.23. The molecular formula is C12H24N2O3S. The van der Waals surface area contributed by atoms with E-state index in [1.165, 1.54) is 11.8 Å². The van der Waals surface area contributed by atoms with Gasteiger partial charge in [0.1, 0.15) is 6.04 Å². The molecule has 0 saturated heterocycles. The molecule has 0 spiro atoms. The Morgan fingerprint density at radius 1 is 1.33 bits per heavy atom. The summed E-state index contributed by atoms with van der Waals surface area (Å²) in [4.78, 5) is 22.8. The summed E-state index contributed by atoms with van der Waals surface area (Å²) in [5, 5.41) is 11.6. The molecule has 18 heavy (non-hydrogen) atoms. The standard InChI is InChI=1S/C12H24N2O3S/c1-7(2)9(13)10(15)14-8(11(16)17)6-18-12(3,4)5/h7-9H,6,13H2,1-5H3,(H,14,15)(H,16,17). The van der Waals surface area contributed by atoms with E-state index < -0.39 is 24.0 Å². The fourth-order valence-electron chi connectivity index (χ4n) is 1.08. The van der Waals surface area contributed by atoms with Crippen LogP contribution in [0.2, 0.25) is 0 Å². The Bertz CT molecular complexity index is 300. The predicted molar refractivity (Wildman–Crippen MR) is 74.6 cm³/mol. The van der Waals surface area contributed by atoms with Gasteiger partial charge in [-0.05, 0) is 5.92 Å². The molecule has 1 amide bonds. The molecule has 0 aromatic rings. The van der Waals surface area contributed by atoms with Crippen molar-refractivity contribution in [3.8, 4) is 0 Å². The number of hydrogen-bond acceptors (Lipinski definition) is 4. The maximum absolute atomic E-state index is 11.7. The second-order valence-corrected chi connectivity index (χ2v) is 7.44. The van der Waals surface area contributed by atoms with Gasteiger partial charge in [-0.15, -0.1) is 0 Å². The van der Waals surface area contributed by atoms with Gasteiger partial charge in [0.25, 0.3) is 0 Å². The normalized spacial score (nSPS) is 15.3. The van der Waals surface area contributed by atoms with Gasteiger partial charge < -0.3 is 16.2 Å². The first kappa shape index (κ1) is 17.2. The molecule has 0 aliphatic carbocycles. The van der Waals surface area contributed by atoms with Gasteiger partial charge in [0, 0.05) is 10.5 Å². The van der Waals surface area contributed by atoms with Crippen LogP contribution >= 0.6 is 11.8 Å². The molecule has 2 atom stereocenters. The van der Waals surface area contributed by atoms with Gasteiger partial charge >= 0.3 is 5.97 Å². The van der Waals surface area contributed by atoms with Gasteiger partial charge in [-0.2, -0.15) is 11.8 Å². The smallest absolute Gasteiger partial charge is 0.327 e. The third-order valence-corrected chi connectivity index (χ3v) is 3.68. The molecule has 0 aromatic heterocycles. The molecule has 0 radical (unpaired) electrons. The predicted octanol–water partition coefficient (Wildman–Crippen LogP) is 1.07.